The highest BCUT2D eigenvalue weighted by atomic mass is 35.5. The Morgan fingerprint density at radius 3 is 1.55 bits per heavy atom. The summed E-state index contributed by atoms with van der Waals surface area (Å²) in [7, 11) is 0. The van der Waals surface area contributed by atoms with Gasteiger partial charge in [0.2, 0.25) is 0 Å². The molecule has 292 valence electrons. The molecule has 0 bridgehead atoms. The van der Waals surface area contributed by atoms with E-state index < -0.39 is 5.41 Å². The highest BCUT2D eigenvalue weighted by Gasteiger charge is 2.34. The minimum atomic E-state index is -0.719. The predicted molar refractivity (Wildman–Crippen MR) is 228 cm³/mol. The number of amides is 1. The first-order valence-corrected chi connectivity index (χ1v) is 19.0. The lowest BCUT2D eigenvalue weighted by Gasteiger charge is -2.20. The Kier molecular flexibility index (Phi) is 12.5. The van der Waals surface area contributed by atoms with Gasteiger partial charge in [-0.05, 0) is 77.6 Å². The van der Waals surface area contributed by atoms with Crippen LogP contribution in [0.3, 0.4) is 0 Å². The summed E-state index contributed by atoms with van der Waals surface area (Å²) >= 11 is 11.8. The molecule has 0 fully saturated rings. The number of aromatic amines is 3. The van der Waals surface area contributed by atoms with E-state index in [1.165, 1.54) is 15.8 Å². The monoisotopic (exact) mass is 794 g/mol. The van der Waals surface area contributed by atoms with Crippen molar-refractivity contribution >= 4 is 46.5 Å². The van der Waals surface area contributed by atoms with Gasteiger partial charge in [0.25, 0.3) is 22.6 Å². The second kappa shape index (κ2) is 16.7. The number of pyridine rings is 2. The molecule has 3 aromatic heterocycles. The molecule has 56 heavy (non-hydrogen) atoms. The molecule has 1 amide bonds. The molecule has 1 aliphatic rings. The van der Waals surface area contributed by atoms with Crippen molar-refractivity contribution in [3.05, 3.63) is 171 Å². The summed E-state index contributed by atoms with van der Waals surface area (Å²) in [5.74, 6) is -0.143. The second-order valence-electron chi connectivity index (χ2n) is 16.2. The van der Waals surface area contributed by atoms with Crippen LogP contribution in [0.2, 0.25) is 10.0 Å². The molecule has 1 aliphatic heterocycles. The largest absolute Gasteiger partial charge is 0.321 e. The van der Waals surface area contributed by atoms with E-state index in [2.05, 4.69) is 91.4 Å². The van der Waals surface area contributed by atoms with Gasteiger partial charge >= 0.3 is 0 Å². The van der Waals surface area contributed by atoms with Crippen LogP contribution in [-0.4, -0.2) is 31.9 Å². The summed E-state index contributed by atoms with van der Waals surface area (Å²) in [4.78, 5) is 53.9. The van der Waals surface area contributed by atoms with Gasteiger partial charge in [-0.25, -0.2) is 10.1 Å². The number of nitrogens with zero attached hydrogens (tertiary/aromatic N) is 2. The fourth-order valence-electron chi connectivity index (χ4n) is 6.00. The van der Waals surface area contributed by atoms with Crippen LogP contribution >= 0.6 is 23.2 Å². The van der Waals surface area contributed by atoms with Crippen LogP contribution in [0, 0.1) is 12.3 Å². The smallest absolute Gasteiger partial charge is 0.269 e. The summed E-state index contributed by atoms with van der Waals surface area (Å²) in [6.07, 6.45) is 7.63. The van der Waals surface area contributed by atoms with Gasteiger partial charge in [-0.2, -0.15) is 5.10 Å². The van der Waals surface area contributed by atoms with Crippen molar-refractivity contribution in [3.63, 3.8) is 0 Å². The van der Waals surface area contributed by atoms with Crippen molar-refractivity contribution in [1.82, 2.24) is 25.2 Å². The number of halogens is 2. The Labute approximate surface area is 336 Å². The maximum Gasteiger partial charge on any atom is 0.269 e. The van der Waals surface area contributed by atoms with Crippen molar-refractivity contribution in [3.8, 4) is 0 Å². The number of carbonyl (C=O) groups is 1. The molecule has 4 N–H and O–H groups in total. The Bertz CT molecular complexity index is 2490. The summed E-state index contributed by atoms with van der Waals surface area (Å²) in [5, 5.41) is 7.10. The molecule has 0 spiro atoms. The molecule has 1 unspecified atom stereocenters. The molecular formula is C44H48Cl2N6O4. The zero-order valence-electron chi connectivity index (χ0n) is 32.9. The number of carbonyl (C=O) groups excluding carboxylic acids is 1. The first-order valence-electron chi connectivity index (χ1n) is 18.3. The number of aryl methyl sites for hydroxylation is 1. The molecule has 0 saturated heterocycles. The standard InChI is InChI=1S/2C22H24ClN3O2/c1-21(2,3)15-7-5-14(6-8-15)16(18-10-9-17(23)19(27)25-18)11-12-22(4)13-24-26-20(22)28;1-14-13-24-26(21(14)28)12-11-17(19-10-9-18(23)20(27)25-19)15-5-7-16(8-6-15)22(2,3)4/h5-11,13H,12H2,1-4H3,(H,25,27)(H,26,28);5-11,13,24H,12H2,1-4H3,(H,25,27)/b16-11+;17-11+. The van der Waals surface area contributed by atoms with Crippen LogP contribution in [-0.2, 0) is 22.2 Å². The molecule has 10 nitrogen and oxygen atoms in total. The first kappa shape index (κ1) is 41.7. The predicted octanol–water partition coefficient (Wildman–Crippen LogP) is 8.53. The average Bonchev–Trinajstić information content (AvgIpc) is 3.65. The molecule has 1 atom stereocenters. The SMILES string of the molecule is CC1(C/C=C(\c2ccc(C(C)(C)C)cc2)c2ccc(Cl)c(=O)[nH]2)C=NNC1=O.Cc1c[nH]n(C/C=C(\c2ccc(C(C)(C)C)cc2)c2ccc(Cl)c(=O)[nH]2)c1=O. The third-order valence-electron chi connectivity index (χ3n) is 9.69. The molecule has 0 saturated carbocycles. The molecule has 5 aromatic rings. The van der Waals surface area contributed by atoms with Crippen molar-refractivity contribution in [2.45, 2.75) is 79.2 Å². The normalized spacial score (nSPS) is 16.1. The van der Waals surface area contributed by atoms with Gasteiger partial charge in [0.15, 0.2) is 0 Å². The van der Waals surface area contributed by atoms with Gasteiger partial charge in [-0.1, -0.05) is 125 Å². The Hall–Kier alpha value is -5.45. The van der Waals surface area contributed by atoms with Gasteiger partial charge in [0.05, 0.1) is 12.0 Å². The van der Waals surface area contributed by atoms with Gasteiger partial charge in [0.1, 0.15) is 10.0 Å². The first-order chi connectivity index (χ1) is 26.3. The Morgan fingerprint density at radius 1 is 0.714 bits per heavy atom. The number of hydrogen-bond donors (Lipinski definition) is 4. The van der Waals surface area contributed by atoms with E-state index >= 15 is 0 Å². The number of allylic oxidation sites excluding steroid dienone is 2. The van der Waals surface area contributed by atoms with Crippen molar-refractivity contribution < 1.29 is 4.79 Å². The molecule has 4 heterocycles. The number of hydrogen-bond acceptors (Lipinski definition) is 5. The van der Waals surface area contributed by atoms with E-state index in [0.29, 0.717) is 29.9 Å². The summed E-state index contributed by atoms with van der Waals surface area (Å²) in [6.45, 7) is 16.9. The van der Waals surface area contributed by atoms with Crippen LogP contribution in [0.1, 0.15) is 94.1 Å². The second-order valence-corrected chi connectivity index (χ2v) is 17.0. The fraction of sp³-hybridized carbons (Fsp3) is 0.295. The minimum absolute atomic E-state index is 0.0445. The molecule has 6 rings (SSSR count). The summed E-state index contributed by atoms with van der Waals surface area (Å²) in [6, 6.07) is 23.2. The van der Waals surface area contributed by atoms with E-state index in [9.17, 15) is 19.2 Å². The fourth-order valence-corrected chi connectivity index (χ4v) is 6.22. The number of H-pyrrole nitrogens is 3. The zero-order valence-corrected chi connectivity index (χ0v) is 34.4. The van der Waals surface area contributed by atoms with Crippen LogP contribution < -0.4 is 22.1 Å². The van der Waals surface area contributed by atoms with Crippen LogP contribution in [0.25, 0.3) is 11.1 Å². The zero-order chi connectivity index (χ0) is 41.0. The highest BCUT2D eigenvalue weighted by Crippen LogP contribution is 2.31. The molecule has 12 heteroatoms. The summed E-state index contributed by atoms with van der Waals surface area (Å²) < 4.78 is 1.52. The number of rotatable bonds is 8. The minimum Gasteiger partial charge on any atom is -0.321 e. The Morgan fingerprint density at radius 2 is 1.18 bits per heavy atom. The average molecular weight is 796 g/mol. The molecular weight excluding hydrogens is 747 g/mol. The third-order valence-corrected chi connectivity index (χ3v) is 10.3. The topological polar surface area (TPSA) is 145 Å². The van der Waals surface area contributed by atoms with Crippen LogP contribution in [0.15, 0.2) is 111 Å². The van der Waals surface area contributed by atoms with Gasteiger partial charge < -0.3 is 15.1 Å². The third kappa shape index (κ3) is 9.85. The lowest BCUT2D eigenvalue weighted by molar-refractivity contribution is -0.125. The van der Waals surface area contributed by atoms with Gasteiger partial charge in [-0.15, -0.1) is 0 Å². The number of benzene rings is 2. The van der Waals surface area contributed by atoms with Gasteiger partial charge in [0, 0.05) is 40.5 Å². The van der Waals surface area contributed by atoms with Crippen molar-refractivity contribution in [2.75, 3.05) is 0 Å². The Balaban J connectivity index is 0.000000214. The van der Waals surface area contributed by atoms with Crippen molar-refractivity contribution in [2.24, 2.45) is 10.5 Å². The van der Waals surface area contributed by atoms with Gasteiger partial charge in [-0.3, -0.25) is 19.2 Å². The number of hydrazone groups is 1. The molecule has 0 aliphatic carbocycles. The van der Waals surface area contributed by atoms with Crippen molar-refractivity contribution in [1.29, 1.82) is 0 Å². The highest BCUT2D eigenvalue weighted by molar-refractivity contribution is 6.30. The maximum atomic E-state index is 12.1. The van der Waals surface area contributed by atoms with E-state index in [1.807, 2.05) is 43.3 Å². The molecule has 0 radical (unpaired) electrons. The summed E-state index contributed by atoms with van der Waals surface area (Å²) in [5.41, 5.74) is 9.05. The lowest BCUT2D eigenvalue weighted by atomic mass is 9.84. The lowest BCUT2D eigenvalue weighted by Crippen LogP contribution is -2.30. The molecule has 2 aromatic carbocycles. The van der Waals surface area contributed by atoms with E-state index in [1.54, 1.807) is 43.6 Å². The quantitative estimate of drug-likeness (QED) is 0.125. The van der Waals surface area contributed by atoms with E-state index in [-0.39, 0.29) is 43.5 Å². The van der Waals surface area contributed by atoms with Crippen LogP contribution in [0.5, 0.6) is 0 Å². The number of aromatic nitrogens is 4. The number of nitrogens with one attached hydrogen (secondary N) is 4. The van der Waals surface area contributed by atoms with E-state index in [4.69, 9.17) is 23.2 Å². The van der Waals surface area contributed by atoms with Crippen LogP contribution in [0.4, 0.5) is 0 Å². The maximum absolute atomic E-state index is 12.1. The van der Waals surface area contributed by atoms with E-state index in [0.717, 1.165) is 22.3 Å².